The van der Waals surface area contributed by atoms with Gasteiger partial charge in [0, 0.05) is 16.6 Å². The number of hydrazine groups is 1. The second kappa shape index (κ2) is 6.97. The van der Waals surface area contributed by atoms with E-state index in [1.807, 2.05) is 18.2 Å². The Morgan fingerprint density at radius 2 is 2.05 bits per heavy atom. The molecule has 0 aromatic heterocycles. The highest BCUT2D eigenvalue weighted by Crippen LogP contribution is 2.38. The lowest BCUT2D eigenvalue weighted by molar-refractivity contribution is 0.104. The molecule has 118 valence electrons. The lowest BCUT2D eigenvalue weighted by atomic mass is 9.83. The Labute approximate surface area is 132 Å². The van der Waals surface area contributed by atoms with Crippen LogP contribution in [0.1, 0.15) is 31.2 Å². The fourth-order valence-electron chi connectivity index (χ4n) is 3.63. The summed E-state index contributed by atoms with van der Waals surface area (Å²) in [4.78, 5) is 2.32. The average molecular weight is 312 g/mol. The molecule has 0 amide bonds. The van der Waals surface area contributed by atoms with Gasteiger partial charge in [0.1, 0.15) is 5.75 Å². The van der Waals surface area contributed by atoms with Crippen LogP contribution in [0.5, 0.6) is 5.75 Å². The highest BCUT2D eigenvalue weighted by atomic mass is 35.5. The molecule has 1 saturated carbocycles. The Kier molecular flexibility index (Phi) is 5.49. The molecule has 2 rings (SSSR count). The highest BCUT2D eigenvalue weighted by Gasteiger charge is 2.42. The van der Waals surface area contributed by atoms with Gasteiger partial charge in [0.15, 0.2) is 0 Å². The maximum absolute atomic E-state index is 6.14. The van der Waals surface area contributed by atoms with E-state index < -0.39 is 0 Å². The Morgan fingerprint density at radius 3 is 2.57 bits per heavy atom. The number of hydrogen-bond acceptors (Lipinski definition) is 4. The van der Waals surface area contributed by atoms with Crippen molar-refractivity contribution in [3.05, 3.63) is 28.8 Å². The molecular formula is C16H26ClN3O. The number of nitrogens with two attached hydrogens (primary N) is 1. The molecule has 1 aliphatic carbocycles. The van der Waals surface area contributed by atoms with Crippen molar-refractivity contribution in [3.63, 3.8) is 0 Å². The van der Waals surface area contributed by atoms with Crippen LogP contribution < -0.4 is 16.0 Å². The number of likely N-dealkylation sites (N-methyl/N-ethyl adjacent to an activating group) is 1. The van der Waals surface area contributed by atoms with Gasteiger partial charge in [-0.15, -0.1) is 0 Å². The van der Waals surface area contributed by atoms with Gasteiger partial charge < -0.3 is 9.64 Å². The summed E-state index contributed by atoms with van der Waals surface area (Å²) in [6, 6.07) is 5.92. The van der Waals surface area contributed by atoms with E-state index >= 15 is 0 Å². The van der Waals surface area contributed by atoms with Crippen molar-refractivity contribution in [2.75, 3.05) is 21.2 Å². The van der Waals surface area contributed by atoms with Crippen LogP contribution in [0.3, 0.4) is 0 Å². The Balaban J connectivity index is 2.28. The van der Waals surface area contributed by atoms with Crippen LogP contribution >= 0.6 is 11.6 Å². The molecule has 0 spiro atoms. The second-order valence-electron chi connectivity index (χ2n) is 6.08. The van der Waals surface area contributed by atoms with E-state index in [4.69, 9.17) is 22.2 Å². The first kappa shape index (κ1) is 16.6. The summed E-state index contributed by atoms with van der Waals surface area (Å²) in [5.41, 5.74) is 4.24. The maximum Gasteiger partial charge on any atom is 0.122 e. The van der Waals surface area contributed by atoms with Gasteiger partial charge in [0.2, 0.25) is 0 Å². The first-order valence-electron chi connectivity index (χ1n) is 7.49. The fourth-order valence-corrected chi connectivity index (χ4v) is 3.82. The van der Waals surface area contributed by atoms with Crippen molar-refractivity contribution < 1.29 is 4.74 Å². The summed E-state index contributed by atoms with van der Waals surface area (Å²) < 4.78 is 5.46. The van der Waals surface area contributed by atoms with Crippen molar-refractivity contribution in [2.24, 2.45) is 5.84 Å². The van der Waals surface area contributed by atoms with Crippen molar-refractivity contribution in [1.29, 1.82) is 0 Å². The number of nitrogens with one attached hydrogen (secondary N) is 1. The molecule has 1 aliphatic rings. The van der Waals surface area contributed by atoms with Crippen LogP contribution in [0.2, 0.25) is 5.02 Å². The predicted molar refractivity (Wildman–Crippen MR) is 87.7 cm³/mol. The summed E-state index contributed by atoms with van der Waals surface area (Å²) in [6.45, 7) is 0. The van der Waals surface area contributed by atoms with Gasteiger partial charge in [0.25, 0.3) is 0 Å². The van der Waals surface area contributed by atoms with Gasteiger partial charge in [-0.2, -0.15) is 0 Å². The molecule has 21 heavy (non-hydrogen) atoms. The number of halogens is 1. The monoisotopic (exact) mass is 311 g/mol. The number of methoxy groups -OCH3 is 1. The summed E-state index contributed by atoms with van der Waals surface area (Å²) in [5.74, 6) is 6.77. The van der Waals surface area contributed by atoms with E-state index in [1.165, 1.54) is 12.8 Å². The minimum Gasteiger partial charge on any atom is -0.496 e. The summed E-state index contributed by atoms with van der Waals surface area (Å²) >= 11 is 6.14. The molecule has 0 saturated heterocycles. The van der Waals surface area contributed by atoms with E-state index in [9.17, 15) is 0 Å². The van der Waals surface area contributed by atoms with E-state index in [2.05, 4.69) is 24.4 Å². The summed E-state index contributed by atoms with van der Waals surface area (Å²) in [5, 5.41) is 0.729. The first-order valence-corrected chi connectivity index (χ1v) is 7.87. The number of rotatable bonds is 6. The molecule has 1 fully saturated rings. The third kappa shape index (κ3) is 3.34. The maximum atomic E-state index is 6.14. The first-order chi connectivity index (χ1) is 10.0. The normalized spacial score (nSPS) is 19.0. The minimum atomic E-state index is 0.0993. The zero-order chi connectivity index (χ0) is 15.5. The third-order valence-electron chi connectivity index (χ3n) is 4.88. The van der Waals surface area contributed by atoms with E-state index in [-0.39, 0.29) is 11.6 Å². The SMILES string of the molecule is COc1ccc(Cl)cc1CC(NN)C1(N(C)C)CCCC1. The van der Waals surface area contributed by atoms with Gasteiger partial charge >= 0.3 is 0 Å². The molecule has 0 heterocycles. The molecule has 3 N–H and O–H groups in total. The van der Waals surface area contributed by atoms with E-state index in [0.717, 1.165) is 35.6 Å². The van der Waals surface area contributed by atoms with Crippen molar-refractivity contribution in [3.8, 4) is 5.75 Å². The van der Waals surface area contributed by atoms with Crippen LogP contribution in [0.4, 0.5) is 0 Å². The van der Waals surface area contributed by atoms with Crippen molar-refractivity contribution in [1.82, 2.24) is 10.3 Å². The van der Waals surface area contributed by atoms with Gasteiger partial charge in [-0.25, -0.2) is 0 Å². The molecule has 1 aromatic rings. The molecule has 5 heteroatoms. The van der Waals surface area contributed by atoms with Gasteiger partial charge in [-0.05, 0) is 57.1 Å². The topological polar surface area (TPSA) is 50.5 Å². The lowest BCUT2D eigenvalue weighted by Gasteiger charge is -2.43. The van der Waals surface area contributed by atoms with Gasteiger partial charge in [-0.1, -0.05) is 24.4 Å². The second-order valence-corrected chi connectivity index (χ2v) is 6.52. The molecule has 0 radical (unpaired) electrons. The molecule has 1 atom stereocenters. The lowest BCUT2D eigenvalue weighted by Crippen LogP contribution is -2.60. The van der Waals surface area contributed by atoms with Crippen LogP contribution in [0.25, 0.3) is 0 Å². The average Bonchev–Trinajstić information content (AvgIpc) is 2.95. The number of hydrogen-bond donors (Lipinski definition) is 2. The zero-order valence-electron chi connectivity index (χ0n) is 13.2. The number of benzene rings is 1. The number of ether oxygens (including phenoxy) is 1. The standard InChI is InChI=1S/C16H26ClN3O/c1-20(2)16(8-4-5-9-16)15(19-18)11-12-10-13(17)6-7-14(12)21-3/h6-7,10,15,19H,4-5,8-9,11,18H2,1-3H3. The van der Waals surface area contributed by atoms with E-state index in [1.54, 1.807) is 7.11 Å². The van der Waals surface area contributed by atoms with Gasteiger partial charge in [-0.3, -0.25) is 11.3 Å². The zero-order valence-corrected chi connectivity index (χ0v) is 13.9. The quantitative estimate of drug-likeness (QED) is 0.626. The third-order valence-corrected chi connectivity index (χ3v) is 5.11. The number of nitrogens with zero attached hydrogens (tertiary/aromatic N) is 1. The van der Waals surface area contributed by atoms with Crippen molar-refractivity contribution >= 4 is 11.6 Å². The molecule has 1 unspecified atom stereocenters. The fraction of sp³-hybridized carbons (Fsp3) is 0.625. The summed E-state index contributed by atoms with van der Waals surface area (Å²) in [7, 11) is 5.98. The van der Waals surface area contributed by atoms with Crippen molar-refractivity contribution in [2.45, 2.75) is 43.7 Å². The van der Waals surface area contributed by atoms with Crippen LogP contribution in [0.15, 0.2) is 18.2 Å². The Morgan fingerprint density at radius 1 is 1.38 bits per heavy atom. The Bertz CT molecular complexity index is 473. The smallest absolute Gasteiger partial charge is 0.122 e. The highest BCUT2D eigenvalue weighted by molar-refractivity contribution is 6.30. The molecule has 0 bridgehead atoms. The van der Waals surface area contributed by atoms with Gasteiger partial charge in [0.05, 0.1) is 7.11 Å². The van der Waals surface area contributed by atoms with Crippen LogP contribution in [-0.4, -0.2) is 37.7 Å². The molecule has 4 nitrogen and oxygen atoms in total. The Hall–Kier alpha value is -0.810. The molecular weight excluding hydrogens is 286 g/mol. The minimum absolute atomic E-state index is 0.0993. The molecule has 0 aliphatic heterocycles. The summed E-state index contributed by atoms with van der Waals surface area (Å²) in [6.07, 6.45) is 5.64. The predicted octanol–water partition coefficient (Wildman–Crippen LogP) is 2.60. The molecule has 1 aromatic carbocycles. The van der Waals surface area contributed by atoms with Crippen LogP contribution in [-0.2, 0) is 6.42 Å². The largest absolute Gasteiger partial charge is 0.496 e. The van der Waals surface area contributed by atoms with Crippen LogP contribution in [0, 0.1) is 0 Å². The van der Waals surface area contributed by atoms with E-state index in [0.29, 0.717) is 0 Å².